The van der Waals surface area contributed by atoms with Gasteiger partial charge in [0.05, 0.1) is 22.3 Å². The van der Waals surface area contributed by atoms with Crippen LogP contribution in [0.1, 0.15) is 12.1 Å². The van der Waals surface area contributed by atoms with E-state index >= 15 is 0 Å². The van der Waals surface area contributed by atoms with Crippen LogP contribution in [0.4, 0.5) is 11.4 Å². The Morgan fingerprint density at radius 2 is 1.93 bits per heavy atom. The van der Waals surface area contributed by atoms with Gasteiger partial charge in [-0.25, -0.2) is 4.68 Å². The quantitative estimate of drug-likeness (QED) is 0.646. The summed E-state index contributed by atoms with van der Waals surface area (Å²) in [6.07, 6.45) is -0.0579. The van der Waals surface area contributed by atoms with Gasteiger partial charge in [0.1, 0.15) is 5.69 Å². The number of benzene rings is 2. The van der Waals surface area contributed by atoms with Crippen LogP contribution in [0.3, 0.4) is 0 Å². The third-order valence-corrected chi connectivity index (χ3v) is 6.46. The molecular formula is C21H19ClN4O3S. The van der Waals surface area contributed by atoms with Gasteiger partial charge in [-0.15, -0.1) is 11.8 Å². The lowest BCUT2D eigenvalue weighted by atomic mass is 10.2. The predicted octanol–water partition coefficient (Wildman–Crippen LogP) is 3.58. The Morgan fingerprint density at radius 3 is 2.67 bits per heavy atom. The van der Waals surface area contributed by atoms with Gasteiger partial charge >= 0.3 is 0 Å². The number of carbonyl (C=O) groups is 2. The van der Waals surface area contributed by atoms with Crippen LogP contribution in [0.5, 0.6) is 0 Å². The first kappa shape index (κ1) is 20.3. The summed E-state index contributed by atoms with van der Waals surface area (Å²) in [5.74, 6) is -0.664. The van der Waals surface area contributed by atoms with E-state index in [4.69, 9.17) is 11.6 Å². The average Bonchev–Trinajstić information content (AvgIpc) is 2.92. The third kappa shape index (κ3) is 3.76. The number of aromatic nitrogens is 2. The first-order valence-corrected chi connectivity index (χ1v) is 10.5. The summed E-state index contributed by atoms with van der Waals surface area (Å²) >= 11 is 7.27. The van der Waals surface area contributed by atoms with Crippen molar-refractivity contribution in [3.63, 3.8) is 0 Å². The standard InChI is InChI=1S/C21H19ClN4O3S/c1-12-19(21(29)26(25(12)2)14-6-4-3-5-7-14)24-18(27)11-17-20(28)23-15-10-13(22)8-9-16(15)30-17/h3-10,17H,11H2,1-2H3,(H,23,28)(H,24,27). The number of fused-ring (bicyclic) bond motifs is 1. The summed E-state index contributed by atoms with van der Waals surface area (Å²) < 4.78 is 3.18. The molecule has 2 N–H and O–H groups in total. The van der Waals surface area contributed by atoms with E-state index in [2.05, 4.69) is 10.6 Å². The average molecular weight is 443 g/mol. The molecule has 3 aromatic rings. The summed E-state index contributed by atoms with van der Waals surface area (Å²) in [7, 11) is 1.76. The number of hydrogen-bond acceptors (Lipinski definition) is 4. The molecule has 1 unspecified atom stereocenters. The highest BCUT2D eigenvalue weighted by atomic mass is 35.5. The Hall–Kier alpha value is -2.97. The van der Waals surface area contributed by atoms with Crippen LogP contribution in [0, 0.1) is 6.92 Å². The lowest BCUT2D eigenvalue weighted by Crippen LogP contribution is -2.33. The zero-order valence-electron chi connectivity index (χ0n) is 16.3. The molecule has 2 aromatic carbocycles. The highest BCUT2D eigenvalue weighted by Gasteiger charge is 2.30. The van der Waals surface area contributed by atoms with E-state index in [1.54, 1.807) is 30.8 Å². The molecule has 4 rings (SSSR count). The van der Waals surface area contributed by atoms with Crippen molar-refractivity contribution in [2.24, 2.45) is 7.05 Å². The van der Waals surface area contributed by atoms with Gasteiger partial charge in [0.2, 0.25) is 11.8 Å². The summed E-state index contributed by atoms with van der Waals surface area (Å²) in [5, 5.41) is 5.42. The number of thioether (sulfide) groups is 1. The Balaban J connectivity index is 1.53. The molecule has 0 aliphatic carbocycles. The number of carbonyl (C=O) groups excluding carboxylic acids is 2. The Morgan fingerprint density at radius 1 is 1.20 bits per heavy atom. The van der Waals surface area contributed by atoms with Crippen molar-refractivity contribution >= 4 is 46.6 Å². The fourth-order valence-corrected chi connectivity index (χ4v) is 4.59. The number of hydrogen-bond donors (Lipinski definition) is 2. The van der Waals surface area contributed by atoms with Crippen LogP contribution in [-0.2, 0) is 16.6 Å². The molecule has 1 aliphatic rings. The SMILES string of the molecule is Cc1c(NC(=O)CC2Sc3ccc(Cl)cc3NC2=O)c(=O)n(-c2ccccc2)n1C. The van der Waals surface area contributed by atoms with E-state index in [0.29, 0.717) is 22.1 Å². The summed E-state index contributed by atoms with van der Waals surface area (Å²) in [5.41, 5.74) is 1.85. The van der Waals surface area contributed by atoms with Gasteiger partial charge in [-0.05, 0) is 37.3 Å². The minimum atomic E-state index is -0.598. The van der Waals surface area contributed by atoms with Crippen molar-refractivity contribution in [2.45, 2.75) is 23.5 Å². The number of rotatable bonds is 4. The molecule has 0 fully saturated rings. The van der Waals surface area contributed by atoms with Gasteiger partial charge in [0.15, 0.2) is 0 Å². The van der Waals surface area contributed by atoms with Gasteiger partial charge < -0.3 is 10.6 Å². The van der Waals surface area contributed by atoms with Gasteiger partial charge in [-0.2, -0.15) is 0 Å². The third-order valence-electron chi connectivity index (χ3n) is 4.95. The lowest BCUT2D eigenvalue weighted by molar-refractivity contribution is -0.120. The van der Waals surface area contributed by atoms with E-state index < -0.39 is 11.2 Å². The topological polar surface area (TPSA) is 85.1 Å². The molecule has 154 valence electrons. The molecule has 0 saturated heterocycles. The van der Waals surface area contributed by atoms with E-state index in [1.165, 1.54) is 16.4 Å². The van der Waals surface area contributed by atoms with Crippen molar-refractivity contribution in [2.75, 3.05) is 10.6 Å². The maximum Gasteiger partial charge on any atom is 0.295 e. The highest BCUT2D eigenvalue weighted by Crippen LogP contribution is 2.38. The second-order valence-electron chi connectivity index (χ2n) is 6.93. The summed E-state index contributed by atoms with van der Waals surface area (Å²) in [4.78, 5) is 38.9. The molecule has 0 spiro atoms. The number of para-hydroxylation sites is 1. The number of nitrogens with one attached hydrogen (secondary N) is 2. The first-order chi connectivity index (χ1) is 14.3. The van der Waals surface area contributed by atoms with Crippen LogP contribution in [0.25, 0.3) is 5.69 Å². The number of halogens is 1. The van der Waals surface area contributed by atoms with Gasteiger partial charge in [-0.3, -0.25) is 19.1 Å². The van der Waals surface area contributed by atoms with Crippen molar-refractivity contribution in [3.05, 3.63) is 69.6 Å². The Kier molecular flexibility index (Phi) is 5.44. The fourth-order valence-electron chi connectivity index (χ4n) is 3.33. The van der Waals surface area contributed by atoms with Crippen molar-refractivity contribution in [3.8, 4) is 5.69 Å². The highest BCUT2D eigenvalue weighted by molar-refractivity contribution is 8.01. The molecule has 1 aromatic heterocycles. The molecule has 1 atom stereocenters. The molecule has 9 heteroatoms. The molecule has 2 amide bonds. The smallest absolute Gasteiger partial charge is 0.295 e. The van der Waals surface area contributed by atoms with E-state index in [-0.39, 0.29) is 23.6 Å². The van der Waals surface area contributed by atoms with Crippen molar-refractivity contribution in [1.82, 2.24) is 9.36 Å². The van der Waals surface area contributed by atoms with Gasteiger partial charge in [0.25, 0.3) is 5.56 Å². The molecule has 7 nitrogen and oxygen atoms in total. The predicted molar refractivity (Wildman–Crippen MR) is 119 cm³/mol. The molecular weight excluding hydrogens is 424 g/mol. The van der Waals surface area contributed by atoms with Crippen LogP contribution >= 0.6 is 23.4 Å². The minimum absolute atomic E-state index is 0.0579. The van der Waals surface area contributed by atoms with E-state index in [1.807, 2.05) is 36.4 Å². The maximum absolute atomic E-state index is 12.9. The van der Waals surface area contributed by atoms with E-state index in [0.717, 1.165) is 4.90 Å². The number of anilines is 2. The van der Waals surface area contributed by atoms with Gasteiger partial charge in [0, 0.05) is 23.4 Å². The molecule has 1 aliphatic heterocycles. The van der Waals surface area contributed by atoms with Crippen LogP contribution < -0.4 is 16.2 Å². The fraction of sp³-hybridized carbons (Fsp3) is 0.190. The molecule has 0 bridgehead atoms. The summed E-state index contributed by atoms with van der Waals surface area (Å²) in [6, 6.07) is 14.4. The molecule has 0 saturated carbocycles. The summed E-state index contributed by atoms with van der Waals surface area (Å²) in [6.45, 7) is 1.76. The zero-order valence-corrected chi connectivity index (χ0v) is 17.9. The number of nitrogens with zero attached hydrogens (tertiary/aromatic N) is 2. The van der Waals surface area contributed by atoms with Crippen LogP contribution in [0.15, 0.2) is 58.2 Å². The van der Waals surface area contributed by atoms with Crippen LogP contribution in [0.2, 0.25) is 5.02 Å². The van der Waals surface area contributed by atoms with Crippen LogP contribution in [-0.4, -0.2) is 26.4 Å². The largest absolute Gasteiger partial charge is 0.324 e. The monoisotopic (exact) mass is 442 g/mol. The van der Waals surface area contributed by atoms with Gasteiger partial charge in [-0.1, -0.05) is 29.8 Å². The zero-order chi connectivity index (χ0) is 21.4. The Bertz CT molecular complexity index is 1200. The maximum atomic E-state index is 12.9. The normalized spacial score (nSPS) is 15.4. The van der Waals surface area contributed by atoms with E-state index in [9.17, 15) is 14.4 Å². The molecule has 2 heterocycles. The second-order valence-corrected chi connectivity index (χ2v) is 8.61. The van der Waals surface area contributed by atoms with Crippen molar-refractivity contribution < 1.29 is 9.59 Å². The van der Waals surface area contributed by atoms with Crippen molar-refractivity contribution in [1.29, 1.82) is 0 Å². The molecule has 0 radical (unpaired) electrons. The number of amides is 2. The molecule has 30 heavy (non-hydrogen) atoms. The lowest BCUT2D eigenvalue weighted by Gasteiger charge is -2.23. The minimum Gasteiger partial charge on any atom is -0.324 e. The second kappa shape index (κ2) is 8.04. The first-order valence-electron chi connectivity index (χ1n) is 9.26. The Labute approximate surface area is 182 Å².